The average molecular weight is 1020 g/mol. The highest BCUT2D eigenvalue weighted by molar-refractivity contribution is 9.11. The molecular formula is C54H86Br2N2O2S2. The smallest absolute Gasteiger partial charge is 0.261 e. The molecule has 2 unspecified atom stereocenters. The lowest BCUT2D eigenvalue weighted by molar-refractivity contribution is -0.124. The molecule has 8 heteroatoms. The molecule has 2 aromatic rings. The van der Waals surface area contributed by atoms with Crippen molar-refractivity contribution in [3.63, 3.8) is 0 Å². The van der Waals surface area contributed by atoms with E-state index < -0.39 is 0 Å². The minimum Gasteiger partial charge on any atom is -0.306 e. The van der Waals surface area contributed by atoms with Crippen molar-refractivity contribution in [1.29, 1.82) is 0 Å². The van der Waals surface area contributed by atoms with Gasteiger partial charge in [-0.2, -0.15) is 0 Å². The van der Waals surface area contributed by atoms with Crippen molar-refractivity contribution in [3.05, 3.63) is 52.7 Å². The molecule has 2 aliphatic heterocycles. The fourth-order valence-corrected chi connectivity index (χ4v) is 12.8. The monoisotopic (exact) mass is 1020 g/mol. The van der Waals surface area contributed by atoms with Crippen molar-refractivity contribution >= 4 is 77.7 Å². The summed E-state index contributed by atoms with van der Waals surface area (Å²) in [7, 11) is 0. The molecule has 0 saturated heterocycles. The van der Waals surface area contributed by atoms with Crippen LogP contribution in [0.25, 0.3) is 11.4 Å². The highest BCUT2D eigenvalue weighted by Crippen LogP contribution is 2.50. The minimum absolute atomic E-state index is 0.0364. The van der Waals surface area contributed by atoms with Crippen LogP contribution >= 0.6 is 54.5 Å². The Morgan fingerprint density at radius 3 is 0.903 bits per heavy atom. The molecule has 0 bridgehead atoms. The molecule has 2 aromatic heterocycles. The summed E-state index contributed by atoms with van der Waals surface area (Å²) in [5.74, 6) is 0.911. The van der Waals surface area contributed by atoms with Crippen molar-refractivity contribution in [2.75, 3.05) is 13.1 Å². The quantitative estimate of drug-likeness (QED) is 0.0629. The van der Waals surface area contributed by atoms with E-state index in [1.807, 2.05) is 0 Å². The Morgan fingerprint density at radius 2 is 0.661 bits per heavy atom. The maximum atomic E-state index is 15.3. The number of amides is 2. The van der Waals surface area contributed by atoms with Gasteiger partial charge < -0.3 is 9.80 Å². The van der Waals surface area contributed by atoms with E-state index in [-0.39, 0.29) is 11.8 Å². The number of hydrogen-bond donors (Lipinski definition) is 0. The Labute approximate surface area is 405 Å². The highest BCUT2D eigenvalue weighted by atomic mass is 79.9. The molecule has 0 N–H and O–H groups in total. The van der Waals surface area contributed by atoms with E-state index in [2.05, 4.69) is 93.6 Å². The summed E-state index contributed by atoms with van der Waals surface area (Å²) < 4.78 is 2.06. The first kappa shape index (κ1) is 53.4. The van der Waals surface area contributed by atoms with E-state index in [1.165, 1.54) is 180 Å². The van der Waals surface area contributed by atoms with Crippen molar-refractivity contribution in [1.82, 2.24) is 9.80 Å². The summed E-state index contributed by atoms with van der Waals surface area (Å²) in [5.41, 5.74) is 3.03. The number of thiophene rings is 2. The SMILES string of the molecule is CCCCCCCCCCC(CCCCCCCC)CN1C(=O)C2=C(c3ccc(Br)s3)N(CC(CCCCCCCC)CCCCCCCCCC)C(=O)C2=C1c1ccc(Br)s1. The standard InChI is InChI=1S/C54H86Br2N2O2S2/c1-5-9-13-17-21-23-27-31-35-43(33-29-25-19-15-11-7-3)41-57-51(45-37-39-47(55)61-45)49-50(53(57)59)52(46-38-40-48(56)62-46)58(54(49)60)42-44(34-30-26-20-16-12-8-4)36-32-28-24-22-18-14-10-6-2/h37-40,43-44H,5-36,41-42H2,1-4H3. The molecule has 0 aromatic carbocycles. The number of halogens is 2. The second-order valence-electron chi connectivity index (χ2n) is 18.9. The Morgan fingerprint density at radius 1 is 0.403 bits per heavy atom. The maximum absolute atomic E-state index is 15.3. The lowest BCUT2D eigenvalue weighted by Gasteiger charge is -2.29. The second-order valence-corrected chi connectivity index (χ2v) is 23.8. The average Bonchev–Trinajstić information content (AvgIpc) is 4.03. The van der Waals surface area contributed by atoms with Crippen LogP contribution in [0.4, 0.5) is 0 Å². The van der Waals surface area contributed by atoms with Crippen LogP contribution in [0.5, 0.6) is 0 Å². The van der Waals surface area contributed by atoms with E-state index in [9.17, 15) is 0 Å². The van der Waals surface area contributed by atoms with Crippen LogP contribution in [0.15, 0.2) is 43.0 Å². The number of nitrogens with zero attached hydrogens (tertiary/aromatic N) is 2. The van der Waals surface area contributed by atoms with E-state index >= 15 is 9.59 Å². The van der Waals surface area contributed by atoms with Gasteiger partial charge in [-0.3, -0.25) is 9.59 Å². The Hall–Kier alpha value is -1.22. The van der Waals surface area contributed by atoms with E-state index in [1.54, 1.807) is 22.7 Å². The van der Waals surface area contributed by atoms with Crippen molar-refractivity contribution in [2.45, 2.75) is 233 Å². The topological polar surface area (TPSA) is 40.6 Å². The first-order chi connectivity index (χ1) is 30.3. The number of fused-ring (bicyclic) bond motifs is 1. The van der Waals surface area contributed by atoms with E-state index in [0.717, 1.165) is 54.4 Å². The number of unbranched alkanes of at least 4 members (excludes halogenated alkanes) is 24. The van der Waals surface area contributed by atoms with Crippen molar-refractivity contribution in [2.24, 2.45) is 11.8 Å². The third-order valence-corrected chi connectivity index (χ3v) is 16.8. The summed E-state index contributed by atoms with van der Waals surface area (Å²) in [6.07, 6.45) is 41.0. The van der Waals surface area contributed by atoms with Crippen LogP contribution < -0.4 is 0 Å². The predicted molar refractivity (Wildman–Crippen MR) is 279 cm³/mol. The Bertz CT molecular complexity index is 1510. The van der Waals surface area contributed by atoms with Crippen LogP contribution in [0.1, 0.15) is 243 Å². The number of rotatable bonds is 38. The fraction of sp³-hybridized carbons (Fsp3) is 0.741. The van der Waals surface area contributed by atoms with Gasteiger partial charge in [-0.1, -0.05) is 207 Å². The summed E-state index contributed by atoms with van der Waals surface area (Å²) in [4.78, 5) is 36.8. The van der Waals surface area contributed by atoms with Crippen molar-refractivity contribution < 1.29 is 9.59 Å². The first-order valence-electron chi connectivity index (χ1n) is 26.0. The van der Waals surface area contributed by atoms with Crippen LogP contribution in [-0.2, 0) is 9.59 Å². The zero-order valence-electron chi connectivity index (χ0n) is 39.8. The molecule has 2 amide bonds. The summed E-state index contributed by atoms with van der Waals surface area (Å²) in [5, 5.41) is 0. The molecule has 0 radical (unpaired) electrons. The molecule has 4 heterocycles. The molecule has 4 rings (SSSR count). The summed E-state index contributed by atoms with van der Waals surface area (Å²) >= 11 is 10.8. The largest absolute Gasteiger partial charge is 0.306 e. The third-order valence-electron chi connectivity index (χ3n) is 13.5. The molecular weight excluding hydrogens is 933 g/mol. The lowest BCUT2D eigenvalue weighted by Crippen LogP contribution is -2.34. The summed E-state index contributed by atoms with van der Waals surface area (Å²) in [6, 6.07) is 8.42. The third kappa shape index (κ3) is 17.9. The molecule has 4 nitrogen and oxygen atoms in total. The number of hydrogen-bond acceptors (Lipinski definition) is 4. The normalized spacial score (nSPS) is 15.3. The molecule has 0 fully saturated rings. The van der Waals surface area contributed by atoms with Gasteiger partial charge in [-0.25, -0.2) is 0 Å². The van der Waals surface area contributed by atoms with Gasteiger partial charge in [0, 0.05) is 13.1 Å². The van der Waals surface area contributed by atoms with Crippen LogP contribution in [0.3, 0.4) is 0 Å². The Kier molecular flexibility index (Phi) is 27.3. The minimum atomic E-state index is 0.0364. The fourth-order valence-electron chi connectivity index (χ4n) is 9.87. The molecule has 350 valence electrons. The molecule has 0 saturated carbocycles. The number of carbonyl (C=O) groups is 2. The van der Waals surface area contributed by atoms with Crippen molar-refractivity contribution in [3.8, 4) is 0 Å². The van der Waals surface area contributed by atoms with Crippen LogP contribution in [0, 0.1) is 11.8 Å². The predicted octanol–water partition coefficient (Wildman–Crippen LogP) is 18.9. The first-order valence-corrected chi connectivity index (χ1v) is 29.2. The Balaban J connectivity index is 1.62. The van der Waals surface area contributed by atoms with Gasteiger partial charge in [0.1, 0.15) is 0 Å². The van der Waals surface area contributed by atoms with E-state index in [4.69, 9.17) is 0 Å². The van der Waals surface area contributed by atoms with Crippen LogP contribution in [0.2, 0.25) is 0 Å². The van der Waals surface area contributed by atoms with Crippen LogP contribution in [-0.4, -0.2) is 34.7 Å². The molecule has 0 aliphatic carbocycles. The van der Waals surface area contributed by atoms with Gasteiger partial charge in [0.2, 0.25) is 0 Å². The molecule has 62 heavy (non-hydrogen) atoms. The number of carbonyl (C=O) groups excluding carboxylic acids is 2. The van der Waals surface area contributed by atoms with E-state index in [0.29, 0.717) is 36.1 Å². The van der Waals surface area contributed by atoms with Gasteiger partial charge in [0.05, 0.1) is 39.9 Å². The molecule has 0 spiro atoms. The van der Waals surface area contributed by atoms with Gasteiger partial charge in [-0.05, 0) is 93.6 Å². The van der Waals surface area contributed by atoms with Gasteiger partial charge in [0.25, 0.3) is 11.8 Å². The zero-order chi connectivity index (χ0) is 44.4. The lowest BCUT2D eigenvalue weighted by atomic mass is 9.93. The highest BCUT2D eigenvalue weighted by Gasteiger charge is 2.50. The molecule has 2 aliphatic rings. The summed E-state index contributed by atoms with van der Waals surface area (Å²) in [6.45, 7) is 10.5. The van der Waals surface area contributed by atoms with Gasteiger partial charge in [-0.15, -0.1) is 22.7 Å². The zero-order valence-corrected chi connectivity index (χ0v) is 44.6. The van der Waals surface area contributed by atoms with Gasteiger partial charge >= 0.3 is 0 Å². The maximum Gasteiger partial charge on any atom is 0.261 e. The molecule has 2 atom stereocenters. The van der Waals surface area contributed by atoms with Gasteiger partial charge in [0.15, 0.2) is 0 Å². The second kappa shape index (κ2) is 31.7.